The van der Waals surface area contributed by atoms with Gasteiger partial charge in [-0.05, 0) is 54.1 Å². The number of hydrogen-bond donors (Lipinski definition) is 0. The smallest absolute Gasteiger partial charge is 0.118 e. The third-order valence-electron chi connectivity index (χ3n) is 4.58. The highest BCUT2D eigenvalue weighted by atomic mass is 16.5. The number of para-hydroxylation sites is 1. The Morgan fingerprint density at radius 1 is 1.00 bits per heavy atom. The molecule has 0 aliphatic rings. The lowest BCUT2D eigenvalue weighted by atomic mass is 10.1. The first-order chi connectivity index (χ1) is 14.6. The van der Waals surface area contributed by atoms with Crippen LogP contribution in [0, 0.1) is 0 Å². The maximum absolute atomic E-state index is 10.9. The average Bonchev–Trinajstić information content (AvgIpc) is 3.23. The number of carbonyl (C=O) groups is 1. The number of aliphatic imine (C=N–C) groups is 1. The molecule has 0 atom stereocenters. The summed E-state index contributed by atoms with van der Waals surface area (Å²) in [5.74, 6) is -0.444. The number of carboxylic acid groups (broad SMARTS) is 1. The Bertz CT molecular complexity index is 1180. The van der Waals surface area contributed by atoms with Crippen LogP contribution in [0.25, 0.3) is 16.9 Å². The summed E-state index contributed by atoms with van der Waals surface area (Å²) in [5, 5.41) is 15.7. The van der Waals surface area contributed by atoms with E-state index in [0.29, 0.717) is 5.69 Å². The van der Waals surface area contributed by atoms with Crippen molar-refractivity contribution < 1.29 is 14.6 Å². The molecule has 0 bridgehead atoms. The minimum atomic E-state index is -1.21. The van der Waals surface area contributed by atoms with Crippen molar-refractivity contribution in [2.45, 2.75) is 0 Å². The number of carbonyl (C=O) groups excluding carboxylic acids is 1. The maximum atomic E-state index is 10.9. The van der Waals surface area contributed by atoms with Gasteiger partial charge in [-0.25, -0.2) is 4.68 Å². The SMILES string of the molecule is COc1ccc(-c2nn(-c3ccccc3)cc2C=Nc2ccc(C(=O)[O-])cc2)cc1. The summed E-state index contributed by atoms with van der Waals surface area (Å²) in [4.78, 5) is 15.4. The van der Waals surface area contributed by atoms with E-state index in [1.54, 1.807) is 30.1 Å². The summed E-state index contributed by atoms with van der Waals surface area (Å²) in [6.07, 6.45) is 3.63. The van der Waals surface area contributed by atoms with Crippen molar-refractivity contribution in [3.63, 3.8) is 0 Å². The summed E-state index contributed by atoms with van der Waals surface area (Å²) < 4.78 is 7.05. The molecular weight excluding hydrogens is 378 g/mol. The van der Waals surface area contributed by atoms with Crippen LogP contribution < -0.4 is 9.84 Å². The molecule has 0 spiro atoms. The van der Waals surface area contributed by atoms with Gasteiger partial charge in [0.2, 0.25) is 0 Å². The van der Waals surface area contributed by atoms with Crippen LogP contribution in [-0.2, 0) is 0 Å². The molecule has 0 saturated carbocycles. The number of carboxylic acids is 1. The lowest BCUT2D eigenvalue weighted by Crippen LogP contribution is -2.21. The summed E-state index contributed by atoms with van der Waals surface area (Å²) in [5.41, 5.74) is 4.21. The van der Waals surface area contributed by atoms with E-state index < -0.39 is 5.97 Å². The van der Waals surface area contributed by atoms with Gasteiger partial charge in [0.15, 0.2) is 0 Å². The first kappa shape index (κ1) is 19.1. The van der Waals surface area contributed by atoms with E-state index in [2.05, 4.69) is 4.99 Å². The van der Waals surface area contributed by atoms with Crippen molar-refractivity contribution in [2.24, 2.45) is 4.99 Å². The quantitative estimate of drug-likeness (QED) is 0.466. The molecule has 4 rings (SSSR count). The van der Waals surface area contributed by atoms with Gasteiger partial charge in [-0.3, -0.25) is 4.99 Å². The first-order valence-electron chi connectivity index (χ1n) is 9.29. The van der Waals surface area contributed by atoms with Crippen LogP contribution in [-0.4, -0.2) is 29.1 Å². The van der Waals surface area contributed by atoms with E-state index in [-0.39, 0.29) is 5.56 Å². The van der Waals surface area contributed by atoms with Crippen molar-refractivity contribution in [1.29, 1.82) is 0 Å². The summed E-state index contributed by atoms with van der Waals surface area (Å²) in [6.45, 7) is 0. The van der Waals surface area contributed by atoms with Crippen molar-refractivity contribution in [2.75, 3.05) is 7.11 Å². The second kappa shape index (κ2) is 8.45. The van der Waals surface area contributed by atoms with Crippen LogP contribution in [0.4, 0.5) is 5.69 Å². The Kier molecular flexibility index (Phi) is 5.39. The molecule has 0 aliphatic carbocycles. The number of aromatic nitrogens is 2. The van der Waals surface area contributed by atoms with Crippen LogP contribution in [0.5, 0.6) is 5.75 Å². The van der Waals surface area contributed by atoms with Gasteiger partial charge in [0, 0.05) is 23.5 Å². The lowest BCUT2D eigenvalue weighted by Gasteiger charge is -2.03. The second-order valence-electron chi connectivity index (χ2n) is 6.53. The molecule has 1 heterocycles. The molecule has 6 nitrogen and oxygen atoms in total. The van der Waals surface area contributed by atoms with Crippen LogP contribution in [0.15, 0.2) is 90.1 Å². The number of rotatable bonds is 6. The number of ether oxygens (including phenoxy) is 1. The molecule has 6 heteroatoms. The van der Waals surface area contributed by atoms with Crippen molar-refractivity contribution >= 4 is 17.9 Å². The predicted octanol–water partition coefficient (Wildman–Crippen LogP) is 3.66. The molecule has 0 fully saturated rings. The average molecular weight is 396 g/mol. The Morgan fingerprint density at radius 2 is 1.70 bits per heavy atom. The minimum Gasteiger partial charge on any atom is -0.545 e. The molecule has 0 amide bonds. The topological polar surface area (TPSA) is 79.5 Å². The third-order valence-corrected chi connectivity index (χ3v) is 4.58. The summed E-state index contributed by atoms with van der Waals surface area (Å²) >= 11 is 0. The normalized spacial score (nSPS) is 11.0. The molecule has 3 aromatic carbocycles. The van der Waals surface area contributed by atoms with Gasteiger partial charge in [-0.15, -0.1) is 0 Å². The molecule has 30 heavy (non-hydrogen) atoms. The summed E-state index contributed by atoms with van der Waals surface area (Å²) in [7, 11) is 1.63. The highest BCUT2D eigenvalue weighted by Crippen LogP contribution is 2.25. The molecule has 0 unspecified atom stereocenters. The molecule has 0 aliphatic heterocycles. The van der Waals surface area contributed by atoms with Crippen molar-refractivity contribution in [3.8, 4) is 22.7 Å². The van der Waals surface area contributed by atoms with E-state index in [4.69, 9.17) is 9.84 Å². The molecule has 0 saturated heterocycles. The Hall–Kier alpha value is -4.19. The van der Waals surface area contributed by atoms with E-state index in [1.807, 2.05) is 60.8 Å². The van der Waals surface area contributed by atoms with Gasteiger partial charge in [0.25, 0.3) is 0 Å². The first-order valence-corrected chi connectivity index (χ1v) is 9.29. The number of hydrogen-bond acceptors (Lipinski definition) is 5. The van der Waals surface area contributed by atoms with E-state index in [1.165, 1.54) is 12.1 Å². The Morgan fingerprint density at radius 3 is 2.33 bits per heavy atom. The zero-order chi connectivity index (χ0) is 20.9. The fraction of sp³-hybridized carbons (Fsp3) is 0.0417. The van der Waals surface area contributed by atoms with Crippen molar-refractivity contribution in [1.82, 2.24) is 9.78 Å². The highest BCUT2D eigenvalue weighted by Gasteiger charge is 2.11. The molecule has 0 radical (unpaired) electrons. The summed E-state index contributed by atoms with van der Waals surface area (Å²) in [6, 6.07) is 23.7. The van der Waals surface area contributed by atoms with Crippen molar-refractivity contribution in [3.05, 3.63) is 96.2 Å². The highest BCUT2D eigenvalue weighted by molar-refractivity contribution is 5.90. The van der Waals surface area contributed by atoms with Gasteiger partial charge in [-0.2, -0.15) is 5.10 Å². The van der Waals surface area contributed by atoms with Gasteiger partial charge < -0.3 is 14.6 Å². The second-order valence-corrected chi connectivity index (χ2v) is 6.53. The molecule has 0 N–H and O–H groups in total. The van der Waals surface area contributed by atoms with Crippen LogP contribution in [0.3, 0.4) is 0 Å². The maximum Gasteiger partial charge on any atom is 0.118 e. The zero-order valence-corrected chi connectivity index (χ0v) is 16.2. The van der Waals surface area contributed by atoms with Gasteiger partial charge in [0.05, 0.1) is 24.5 Å². The predicted molar refractivity (Wildman–Crippen MR) is 114 cm³/mol. The van der Waals surface area contributed by atoms with Crippen LogP contribution in [0.2, 0.25) is 0 Å². The standard InChI is InChI=1S/C24H19N3O3/c1-30-22-13-9-17(10-14-22)23-19(16-27(26-23)21-5-3-2-4-6-21)15-25-20-11-7-18(8-12-20)24(28)29/h2-16H,1H3,(H,28,29)/p-1. The molecular formula is C24H18N3O3-. The van der Waals surface area contributed by atoms with Gasteiger partial charge >= 0.3 is 0 Å². The third kappa shape index (κ3) is 4.12. The van der Waals surface area contributed by atoms with Crippen LogP contribution in [0.1, 0.15) is 15.9 Å². The molecule has 1 aromatic heterocycles. The van der Waals surface area contributed by atoms with Gasteiger partial charge in [0.1, 0.15) is 11.4 Å². The van der Waals surface area contributed by atoms with Gasteiger partial charge in [-0.1, -0.05) is 30.3 Å². The zero-order valence-electron chi connectivity index (χ0n) is 16.2. The largest absolute Gasteiger partial charge is 0.545 e. The molecule has 4 aromatic rings. The fourth-order valence-electron chi connectivity index (χ4n) is 3.00. The Balaban J connectivity index is 1.72. The molecule has 148 valence electrons. The van der Waals surface area contributed by atoms with E-state index in [9.17, 15) is 9.90 Å². The fourth-order valence-corrected chi connectivity index (χ4v) is 3.00. The monoisotopic (exact) mass is 396 g/mol. The lowest BCUT2D eigenvalue weighted by molar-refractivity contribution is -0.255. The minimum absolute atomic E-state index is 0.116. The number of aromatic carboxylic acids is 1. The Labute approximate surface area is 173 Å². The van der Waals surface area contributed by atoms with E-state index in [0.717, 1.165) is 28.3 Å². The van der Waals surface area contributed by atoms with Crippen LogP contribution >= 0.6 is 0 Å². The number of nitrogens with zero attached hydrogens (tertiary/aromatic N) is 3. The van der Waals surface area contributed by atoms with E-state index >= 15 is 0 Å². The number of benzene rings is 3. The number of methoxy groups -OCH3 is 1.